The first-order valence-electron chi connectivity index (χ1n) is 8.34. The van der Waals surface area contributed by atoms with E-state index in [9.17, 15) is 26.3 Å². The van der Waals surface area contributed by atoms with Gasteiger partial charge in [0.05, 0.1) is 12.8 Å². The van der Waals surface area contributed by atoms with Crippen LogP contribution >= 0.6 is 0 Å². The van der Waals surface area contributed by atoms with Gasteiger partial charge in [0.1, 0.15) is 23.0 Å². The van der Waals surface area contributed by atoms with Crippen molar-refractivity contribution >= 4 is 28.4 Å². The first-order chi connectivity index (χ1) is 13.6. The van der Waals surface area contributed by atoms with Gasteiger partial charge in [-0.2, -0.15) is 26.3 Å². The molecule has 0 N–H and O–H groups in total. The summed E-state index contributed by atoms with van der Waals surface area (Å²) in [7, 11) is 1.27. The summed E-state index contributed by atoms with van der Waals surface area (Å²) < 4.78 is 87.2. The van der Waals surface area contributed by atoms with E-state index in [1.54, 1.807) is 6.07 Å². The quantitative estimate of drug-likeness (QED) is 0.463. The van der Waals surface area contributed by atoms with Gasteiger partial charge < -0.3 is 4.74 Å². The monoisotopic (exact) mass is 410 g/mol. The number of rotatable bonds is 2. The van der Waals surface area contributed by atoms with E-state index >= 15 is 0 Å². The minimum absolute atomic E-state index is 0.0643. The molecule has 29 heavy (non-hydrogen) atoms. The number of halogens is 6. The fraction of sp³-hybridized carbons (Fsp3) is 0.150. The number of pyridine rings is 1. The van der Waals surface area contributed by atoms with Gasteiger partial charge in [0, 0.05) is 5.39 Å². The van der Waals surface area contributed by atoms with Gasteiger partial charge in [-0.3, -0.25) is 4.90 Å². The third-order valence-electron chi connectivity index (χ3n) is 4.52. The van der Waals surface area contributed by atoms with Crippen molar-refractivity contribution in [3.63, 3.8) is 0 Å². The van der Waals surface area contributed by atoms with Crippen LogP contribution in [0.25, 0.3) is 16.8 Å². The maximum Gasteiger partial charge on any atom is 0.433 e. The molecule has 0 fully saturated rings. The minimum atomic E-state index is -4.85. The predicted octanol–water partition coefficient (Wildman–Crippen LogP) is 6.32. The number of hydrogen-bond donors (Lipinski definition) is 0. The third kappa shape index (κ3) is 3.16. The predicted molar refractivity (Wildman–Crippen MR) is 95.9 cm³/mol. The topological polar surface area (TPSA) is 25.4 Å². The Hall–Kier alpha value is -3.23. The van der Waals surface area contributed by atoms with Crippen molar-refractivity contribution in [2.45, 2.75) is 12.4 Å². The molecule has 9 heteroatoms. The highest BCUT2D eigenvalue weighted by molar-refractivity contribution is 6.04. The molecule has 1 aliphatic heterocycles. The smallest absolute Gasteiger partial charge is 0.433 e. The lowest BCUT2D eigenvalue weighted by Crippen LogP contribution is -2.31. The van der Waals surface area contributed by atoms with E-state index in [4.69, 9.17) is 4.74 Å². The van der Waals surface area contributed by atoms with Crippen LogP contribution in [0.3, 0.4) is 0 Å². The fourth-order valence-electron chi connectivity index (χ4n) is 3.34. The van der Waals surface area contributed by atoms with Gasteiger partial charge in [-0.15, -0.1) is 0 Å². The van der Waals surface area contributed by atoms with Crippen molar-refractivity contribution in [3.05, 3.63) is 65.5 Å². The van der Waals surface area contributed by atoms with Crippen molar-refractivity contribution in [1.82, 2.24) is 4.98 Å². The van der Waals surface area contributed by atoms with Gasteiger partial charge in [-0.05, 0) is 35.2 Å². The Bertz CT molecular complexity index is 1130. The number of para-hydroxylation sites is 2. The van der Waals surface area contributed by atoms with Crippen LogP contribution in [0.4, 0.5) is 37.8 Å². The summed E-state index contributed by atoms with van der Waals surface area (Å²) in [5.41, 5.74) is -2.37. The molecular weight excluding hydrogens is 398 g/mol. The summed E-state index contributed by atoms with van der Waals surface area (Å²) in [6, 6.07) is 10.8. The van der Waals surface area contributed by atoms with Gasteiger partial charge in [0.2, 0.25) is 0 Å². The van der Waals surface area contributed by atoms with Crippen molar-refractivity contribution < 1.29 is 31.1 Å². The summed E-state index contributed by atoms with van der Waals surface area (Å²) in [6.45, 7) is 0. The van der Waals surface area contributed by atoms with Crippen LogP contribution in [0.5, 0.6) is 5.75 Å². The number of nitrogens with zero attached hydrogens (tertiary/aromatic N) is 2. The molecule has 0 radical (unpaired) electrons. The molecule has 3 nitrogen and oxygen atoms in total. The number of alkyl halides is 6. The SMILES string of the molecule is COc1ccccc1N1C(C(F)(F)F)=Cc2cccc3cc(C(F)(F)F)nc1c23. The Morgan fingerprint density at radius 3 is 2.28 bits per heavy atom. The molecule has 0 saturated carbocycles. The van der Waals surface area contributed by atoms with Gasteiger partial charge in [0.25, 0.3) is 0 Å². The fourth-order valence-corrected chi connectivity index (χ4v) is 3.34. The molecule has 0 atom stereocenters. The van der Waals surface area contributed by atoms with E-state index in [1.165, 1.54) is 43.5 Å². The number of aromatic nitrogens is 1. The van der Waals surface area contributed by atoms with E-state index in [1.807, 2.05) is 0 Å². The molecule has 2 aromatic carbocycles. The zero-order chi connectivity index (χ0) is 21.0. The lowest BCUT2D eigenvalue weighted by atomic mass is 9.98. The first kappa shape index (κ1) is 19.1. The van der Waals surface area contributed by atoms with E-state index < -0.39 is 29.6 Å². The lowest BCUT2D eigenvalue weighted by Gasteiger charge is -2.33. The highest BCUT2D eigenvalue weighted by Crippen LogP contribution is 2.48. The molecule has 150 valence electrons. The Labute approximate surface area is 160 Å². The average molecular weight is 410 g/mol. The largest absolute Gasteiger partial charge is 0.495 e. The van der Waals surface area contributed by atoms with Crippen LogP contribution in [-0.4, -0.2) is 18.3 Å². The molecule has 2 heterocycles. The van der Waals surface area contributed by atoms with Crippen LogP contribution in [-0.2, 0) is 6.18 Å². The summed E-state index contributed by atoms with van der Waals surface area (Å²) in [6.07, 6.45) is -8.78. The standard InChI is InChI=1S/C20H12F6N2O/c1-29-14-8-3-2-7-13(14)28-16(20(24,25)26)10-12-6-4-5-11-9-15(19(21,22)23)27-18(28)17(11)12/h2-10H,1H3. The zero-order valence-electron chi connectivity index (χ0n) is 14.8. The molecule has 0 unspecified atom stereocenters. The van der Waals surface area contributed by atoms with Crippen molar-refractivity contribution in [3.8, 4) is 5.75 Å². The maximum absolute atomic E-state index is 13.9. The Morgan fingerprint density at radius 2 is 1.62 bits per heavy atom. The van der Waals surface area contributed by atoms with Crippen molar-refractivity contribution in [2.75, 3.05) is 12.0 Å². The van der Waals surface area contributed by atoms with Gasteiger partial charge >= 0.3 is 12.4 Å². The molecule has 1 aliphatic rings. The molecular formula is C20H12F6N2O. The second kappa shape index (κ2) is 6.40. The van der Waals surface area contributed by atoms with Crippen LogP contribution in [0.2, 0.25) is 0 Å². The average Bonchev–Trinajstić information content (AvgIpc) is 2.66. The van der Waals surface area contributed by atoms with Crippen LogP contribution in [0.15, 0.2) is 54.2 Å². The van der Waals surface area contributed by atoms with Crippen LogP contribution in [0.1, 0.15) is 11.3 Å². The summed E-state index contributed by atoms with van der Waals surface area (Å²) >= 11 is 0. The van der Waals surface area contributed by atoms with E-state index in [0.717, 1.165) is 12.1 Å². The summed E-state index contributed by atoms with van der Waals surface area (Å²) in [5.74, 6) is -0.390. The molecule has 1 aromatic heterocycles. The number of allylic oxidation sites excluding steroid dienone is 1. The number of hydrogen-bond acceptors (Lipinski definition) is 3. The van der Waals surface area contributed by atoms with E-state index in [0.29, 0.717) is 4.90 Å². The maximum atomic E-state index is 13.9. The summed E-state index contributed by atoms with van der Waals surface area (Å²) in [5, 5.41) is 0.330. The number of ether oxygens (including phenoxy) is 1. The molecule has 0 saturated heterocycles. The second-order valence-corrected chi connectivity index (χ2v) is 6.31. The second-order valence-electron chi connectivity index (χ2n) is 6.31. The van der Waals surface area contributed by atoms with Gasteiger partial charge in [-0.1, -0.05) is 30.3 Å². The van der Waals surface area contributed by atoms with E-state index in [2.05, 4.69) is 4.98 Å². The molecule has 4 rings (SSSR count). The van der Waals surface area contributed by atoms with Crippen LogP contribution < -0.4 is 9.64 Å². The summed E-state index contributed by atoms with van der Waals surface area (Å²) in [4.78, 5) is 4.27. The Balaban J connectivity index is 2.12. The number of benzene rings is 2. The normalized spacial score (nSPS) is 14.2. The molecule has 0 aliphatic carbocycles. The third-order valence-corrected chi connectivity index (χ3v) is 4.52. The Morgan fingerprint density at radius 1 is 0.897 bits per heavy atom. The van der Waals surface area contributed by atoms with Gasteiger partial charge in [0.15, 0.2) is 0 Å². The first-order valence-corrected chi connectivity index (χ1v) is 8.34. The molecule has 0 spiro atoms. The van der Waals surface area contributed by atoms with Crippen LogP contribution in [0, 0.1) is 0 Å². The van der Waals surface area contributed by atoms with Gasteiger partial charge in [-0.25, -0.2) is 4.98 Å². The Kier molecular flexibility index (Phi) is 4.21. The van der Waals surface area contributed by atoms with Crippen molar-refractivity contribution in [1.29, 1.82) is 0 Å². The van der Waals surface area contributed by atoms with Crippen molar-refractivity contribution in [2.24, 2.45) is 0 Å². The molecule has 0 amide bonds. The molecule has 3 aromatic rings. The number of methoxy groups -OCH3 is 1. The lowest BCUT2D eigenvalue weighted by molar-refractivity contribution is -0.141. The highest BCUT2D eigenvalue weighted by atomic mass is 19.4. The number of anilines is 2. The zero-order valence-corrected chi connectivity index (χ0v) is 14.8. The van der Waals surface area contributed by atoms with E-state index in [-0.39, 0.29) is 27.8 Å². The highest BCUT2D eigenvalue weighted by Gasteiger charge is 2.44. The minimum Gasteiger partial charge on any atom is -0.495 e. The molecule has 0 bridgehead atoms.